The summed E-state index contributed by atoms with van der Waals surface area (Å²) in [6, 6.07) is 7.31. The number of halogens is 2. The smallest absolute Gasteiger partial charge is 0.407 e. The van der Waals surface area contributed by atoms with Crippen LogP contribution in [-0.4, -0.2) is 64.4 Å². The molecule has 4 rings (SSSR count). The van der Waals surface area contributed by atoms with Crippen molar-refractivity contribution in [3.63, 3.8) is 0 Å². The maximum Gasteiger partial charge on any atom is 0.407 e. The van der Waals surface area contributed by atoms with Gasteiger partial charge < -0.3 is 24.7 Å². The van der Waals surface area contributed by atoms with E-state index >= 15 is 0 Å². The second-order valence-electron chi connectivity index (χ2n) is 8.15. The first-order valence-corrected chi connectivity index (χ1v) is 11.3. The number of rotatable bonds is 5. The lowest BCUT2D eigenvalue weighted by atomic mass is 9.94. The van der Waals surface area contributed by atoms with Gasteiger partial charge in [0.15, 0.2) is 5.75 Å². The van der Waals surface area contributed by atoms with Crippen molar-refractivity contribution in [1.29, 1.82) is 0 Å². The molecule has 8 nitrogen and oxygen atoms in total. The molecule has 0 unspecified atom stereocenters. The monoisotopic (exact) mass is 491 g/mol. The Morgan fingerprint density at radius 1 is 1.15 bits per heavy atom. The van der Waals surface area contributed by atoms with Crippen LogP contribution in [0.4, 0.5) is 10.6 Å². The van der Waals surface area contributed by atoms with Gasteiger partial charge in [-0.1, -0.05) is 23.2 Å². The van der Waals surface area contributed by atoms with Crippen molar-refractivity contribution in [3.05, 3.63) is 57.2 Å². The van der Waals surface area contributed by atoms with Crippen molar-refractivity contribution in [3.8, 4) is 5.75 Å². The third-order valence-corrected chi connectivity index (χ3v) is 6.43. The fourth-order valence-corrected chi connectivity index (χ4v) is 4.88. The van der Waals surface area contributed by atoms with Gasteiger partial charge in [0.1, 0.15) is 11.9 Å². The molecule has 0 spiro atoms. The predicted molar refractivity (Wildman–Crippen MR) is 125 cm³/mol. The molecule has 1 saturated heterocycles. The molecule has 1 fully saturated rings. The Hall–Kier alpha value is -2.97. The van der Waals surface area contributed by atoms with Gasteiger partial charge in [-0.15, -0.1) is 0 Å². The van der Waals surface area contributed by atoms with Gasteiger partial charge in [0.05, 0.1) is 28.7 Å². The van der Waals surface area contributed by atoms with Gasteiger partial charge in [-0.2, -0.15) is 0 Å². The largest absolute Gasteiger partial charge is 0.485 e. The Morgan fingerprint density at radius 3 is 2.48 bits per heavy atom. The first-order chi connectivity index (χ1) is 15.7. The lowest BCUT2D eigenvalue weighted by molar-refractivity contribution is -0.132. The second kappa shape index (κ2) is 9.49. The number of anilines is 1. The summed E-state index contributed by atoms with van der Waals surface area (Å²) >= 11 is 12.6. The number of benzene rings is 1. The fourth-order valence-electron chi connectivity index (χ4n) is 4.19. The molecule has 2 aliphatic rings. The van der Waals surface area contributed by atoms with E-state index in [0.29, 0.717) is 39.9 Å². The number of carboxylic acids is 1. The highest BCUT2D eigenvalue weighted by atomic mass is 35.5. The van der Waals surface area contributed by atoms with Crippen LogP contribution in [-0.2, 0) is 4.79 Å². The Balaban J connectivity index is 1.46. The SMILES string of the molecule is Cc1cc(Cl)c(O[C@H]2CCN(c3ccc(C4=C(C(=O)O)CN(C(=O)O)CC4)cn3)C2)c(Cl)c1. The maximum absolute atomic E-state index is 11.7. The molecule has 1 amide bonds. The average molecular weight is 492 g/mol. The zero-order valence-corrected chi connectivity index (χ0v) is 19.4. The highest BCUT2D eigenvalue weighted by Gasteiger charge is 2.29. The zero-order chi connectivity index (χ0) is 23.7. The number of carbonyl (C=O) groups is 2. The molecule has 2 N–H and O–H groups in total. The summed E-state index contributed by atoms with van der Waals surface area (Å²) in [6.07, 6.45) is 1.54. The molecule has 0 radical (unpaired) electrons. The minimum atomic E-state index is -1.12. The number of aliphatic carboxylic acids is 1. The van der Waals surface area contributed by atoms with Crippen LogP contribution in [0.25, 0.3) is 5.57 Å². The Kier molecular flexibility index (Phi) is 6.67. The first kappa shape index (κ1) is 23.2. The van der Waals surface area contributed by atoms with Crippen molar-refractivity contribution in [1.82, 2.24) is 9.88 Å². The van der Waals surface area contributed by atoms with Gasteiger partial charge >= 0.3 is 12.1 Å². The van der Waals surface area contributed by atoms with Gasteiger partial charge in [0.25, 0.3) is 0 Å². The van der Waals surface area contributed by atoms with Crippen LogP contribution in [0.5, 0.6) is 5.75 Å². The number of amides is 1. The van der Waals surface area contributed by atoms with E-state index in [-0.39, 0.29) is 24.8 Å². The molecule has 33 heavy (non-hydrogen) atoms. The zero-order valence-electron chi connectivity index (χ0n) is 17.9. The van der Waals surface area contributed by atoms with Gasteiger partial charge in [-0.3, -0.25) is 0 Å². The molecule has 0 bridgehead atoms. The van der Waals surface area contributed by atoms with E-state index in [2.05, 4.69) is 9.88 Å². The summed E-state index contributed by atoms with van der Waals surface area (Å²) in [5, 5.41) is 19.7. The molecule has 1 aromatic heterocycles. The Morgan fingerprint density at radius 2 is 1.88 bits per heavy atom. The van der Waals surface area contributed by atoms with Gasteiger partial charge in [0, 0.05) is 25.7 Å². The third kappa shape index (κ3) is 5.02. The maximum atomic E-state index is 11.7. The molecule has 0 aliphatic carbocycles. The minimum Gasteiger partial charge on any atom is -0.485 e. The number of aryl methyl sites for hydroxylation is 1. The Bertz CT molecular complexity index is 1100. The summed E-state index contributed by atoms with van der Waals surface area (Å²) in [7, 11) is 0. The molecule has 1 aromatic carbocycles. The van der Waals surface area contributed by atoms with Crippen LogP contribution in [0.1, 0.15) is 24.0 Å². The summed E-state index contributed by atoms with van der Waals surface area (Å²) < 4.78 is 6.07. The second-order valence-corrected chi connectivity index (χ2v) is 8.97. The van der Waals surface area contributed by atoms with Crippen LogP contribution >= 0.6 is 23.2 Å². The van der Waals surface area contributed by atoms with E-state index in [0.717, 1.165) is 29.2 Å². The lowest BCUT2D eigenvalue weighted by Gasteiger charge is -2.27. The molecule has 2 aromatic rings. The molecule has 0 saturated carbocycles. The van der Waals surface area contributed by atoms with Crippen molar-refractivity contribution < 1.29 is 24.5 Å². The van der Waals surface area contributed by atoms with E-state index in [4.69, 9.17) is 27.9 Å². The van der Waals surface area contributed by atoms with Crippen molar-refractivity contribution >= 4 is 46.7 Å². The van der Waals surface area contributed by atoms with Crippen LogP contribution < -0.4 is 9.64 Å². The standard InChI is InChI=1S/C23H23Cl2N3O5/c1-13-8-18(24)21(19(25)9-13)33-15-4-6-27(11-15)20-3-2-14(10-26-20)16-5-7-28(23(31)32)12-17(16)22(29)30/h2-3,8-10,15H,4-7,11-12H2,1H3,(H,29,30)(H,31,32)/t15-/m0/s1. The number of aromatic nitrogens is 1. The molecule has 2 aliphatic heterocycles. The number of pyridine rings is 1. The minimum absolute atomic E-state index is 0.0830. The van der Waals surface area contributed by atoms with E-state index in [1.165, 1.54) is 0 Å². The highest BCUT2D eigenvalue weighted by Crippen LogP contribution is 2.36. The number of carboxylic acid groups (broad SMARTS) is 2. The predicted octanol–water partition coefficient (Wildman–Crippen LogP) is 4.58. The van der Waals surface area contributed by atoms with E-state index in [1.807, 2.05) is 31.2 Å². The molecule has 174 valence electrons. The van der Waals surface area contributed by atoms with Gasteiger partial charge in [-0.25, -0.2) is 14.6 Å². The van der Waals surface area contributed by atoms with E-state index < -0.39 is 12.1 Å². The van der Waals surface area contributed by atoms with E-state index in [1.54, 1.807) is 6.20 Å². The van der Waals surface area contributed by atoms with Crippen LogP contribution in [0, 0.1) is 6.92 Å². The number of hydrogen-bond acceptors (Lipinski definition) is 5. The molecule has 1 atom stereocenters. The number of hydrogen-bond donors (Lipinski definition) is 2. The molecule has 3 heterocycles. The van der Waals surface area contributed by atoms with Gasteiger partial charge in [0.2, 0.25) is 0 Å². The van der Waals surface area contributed by atoms with Crippen molar-refractivity contribution in [2.45, 2.75) is 25.9 Å². The van der Waals surface area contributed by atoms with E-state index in [9.17, 15) is 19.8 Å². The van der Waals surface area contributed by atoms with Crippen LogP contribution in [0.2, 0.25) is 10.0 Å². The number of ether oxygens (including phenoxy) is 1. The normalized spacial score (nSPS) is 18.6. The van der Waals surface area contributed by atoms with Crippen LogP contribution in [0.3, 0.4) is 0 Å². The lowest BCUT2D eigenvalue weighted by Crippen LogP contribution is -2.37. The fraction of sp³-hybridized carbons (Fsp3) is 0.348. The summed E-state index contributed by atoms with van der Waals surface area (Å²) in [6.45, 7) is 3.38. The van der Waals surface area contributed by atoms with Gasteiger partial charge in [-0.05, 0) is 54.3 Å². The summed E-state index contributed by atoms with van der Waals surface area (Å²) in [5.74, 6) is 0.124. The highest BCUT2D eigenvalue weighted by molar-refractivity contribution is 6.37. The topological polar surface area (TPSA) is 103 Å². The quantitative estimate of drug-likeness (QED) is 0.630. The summed E-state index contributed by atoms with van der Waals surface area (Å²) in [4.78, 5) is 30.6. The number of nitrogens with zero attached hydrogens (tertiary/aromatic N) is 3. The Labute approximate surface area is 201 Å². The van der Waals surface area contributed by atoms with Crippen molar-refractivity contribution in [2.24, 2.45) is 0 Å². The average Bonchev–Trinajstić information content (AvgIpc) is 3.24. The molecular weight excluding hydrogens is 469 g/mol. The molecular formula is C23H23Cl2N3O5. The molecule has 10 heteroatoms. The summed E-state index contributed by atoms with van der Waals surface area (Å²) in [5.41, 5.74) is 2.35. The van der Waals surface area contributed by atoms with Crippen LogP contribution in [0.15, 0.2) is 36.0 Å². The first-order valence-electron chi connectivity index (χ1n) is 10.5. The third-order valence-electron chi connectivity index (χ3n) is 5.87. The van der Waals surface area contributed by atoms with Crippen molar-refractivity contribution in [2.75, 3.05) is 31.1 Å².